The third-order valence-corrected chi connectivity index (χ3v) is 2.90. The second-order valence-electron chi connectivity index (χ2n) is 4.35. The molecule has 15 heavy (non-hydrogen) atoms. The number of pyridine rings is 1. The third-order valence-electron chi connectivity index (χ3n) is 2.90. The summed E-state index contributed by atoms with van der Waals surface area (Å²) in [6.45, 7) is 6.26. The van der Waals surface area contributed by atoms with E-state index in [0.717, 1.165) is 36.2 Å². The number of aryl methyl sites for hydroxylation is 1. The molecule has 3 heteroatoms. The number of rotatable bonds is 4. The van der Waals surface area contributed by atoms with Crippen LogP contribution in [0.4, 0.5) is 11.5 Å². The number of hydrogen-bond donors (Lipinski definition) is 1. The smallest absolute Gasteiger partial charge is 0.152 e. The fraction of sp³-hybridized carbons (Fsp3) is 0.583. The van der Waals surface area contributed by atoms with Crippen molar-refractivity contribution in [3.8, 4) is 0 Å². The first-order chi connectivity index (χ1) is 7.20. The highest BCUT2D eigenvalue weighted by atomic mass is 15.2. The normalized spacial score (nSPS) is 15.3. The summed E-state index contributed by atoms with van der Waals surface area (Å²) in [5.41, 5.74) is 7.79. The molecule has 0 aliphatic heterocycles. The maximum absolute atomic E-state index is 5.96. The molecule has 1 aromatic rings. The lowest BCUT2D eigenvalue weighted by Crippen LogP contribution is -2.27. The monoisotopic (exact) mass is 205 g/mol. The van der Waals surface area contributed by atoms with E-state index >= 15 is 0 Å². The van der Waals surface area contributed by atoms with Crippen LogP contribution in [0.1, 0.15) is 25.5 Å². The van der Waals surface area contributed by atoms with E-state index in [2.05, 4.69) is 16.8 Å². The average molecular weight is 205 g/mol. The number of anilines is 2. The predicted octanol–water partition coefficient (Wildman–Crippen LogP) is 2.21. The van der Waals surface area contributed by atoms with Crippen molar-refractivity contribution < 1.29 is 0 Å². The number of nitrogens with two attached hydrogens (primary N) is 1. The molecule has 1 aliphatic carbocycles. The molecule has 0 spiro atoms. The molecular formula is C12H19N3. The van der Waals surface area contributed by atoms with Gasteiger partial charge in [0.1, 0.15) is 0 Å². The maximum Gasteiger partial charge on any atom is 0.152 e. The molecule has 0 saturated heterocycles. The molecule has 1 fully saturated rings. The van der Waals surface area contributed by atoms with Crippen LogP contribution >= 0.6 is 0 Å². The molecule has 2 rings (SSSR count). The van der Waals surface area contributed by atoms with Crippen LogP contribution in [-0.2, 0) is 0 Å². The van der Waals surface area contributed by atoms with Gasteiger partial charge in [0.05, 0.1) is 5.69 Å². The molecule has 0 aromatic carbocycles. The van der Waals surface area contributed by atoms with Gasteiger partial charge in [-0.3, -0.25) is 0 Å². The second-order valence-corrected chi connectivity index (χ2v) is 4.35. The van der Waals surface area contributed by atoms with Gasteiger partial charge in [-0.05, 0) is 44.7 Å². The maximum atomic E-state index is 5.96. The summed E-state index contributed by atoms with van der Waals surface area (Å²) in [4.78, 5) is 6.82. The molecule has 1 aromatic heterocycles. The first-order valence-electron chi connectivity index (χ1n) is 5.68. The quantitative estimate of drug-likeness (QED) is 0.819. The molecule has 0 atom stereocenters. The molecule has 82 valence electrons. The van der Waals surface area contributed by atoms with Crippen molar-refractivity contribution in [2.75, 3.05) is 23.7 Å². The van der Waals surface area contributed by atoms with Crippen molar-refractivity contribution in [3.05, 3.63) is 17.8 Å². The molecular weight excluding hydrogens is 186 g/mol. The van der Waals surface area contributed by atoms with E-state index in [1.165, 1.54) is 12.8 Å². The fourth-order valence-electron chi connectivity index (χ4n) is 1.78. The van der Waals surface area contributed by atoms with Crippen molar-refractivity contribution in [2.45, 2.75) is 26.7 Å². The van der Waals surface area contributed by atoms with Crippen LogP contribution in [-0.4, -0.2) is 18.1 Å². The molecule has 1 saturated carbocycles. The lowest BCUT2D eigenvalue weighted by Gasteiger charge is -2.23. The van der Waals surface area contributed by atoms with E-state index in [4.69, 9.17) is 5.73 Å². The molecule has 1 heterocycles. The van der Waals surface area contributed by atoms with Crippen LogP contribution in [0, 0.1) is 12.8 Å². The Morgan fingerprint density at radius 2 is 2.20 bits per heavy atom. The molecule has 2 N–H and O–H groups in total. The van der Waals surface area contributed by atoms with Gasteiger partial charge in [-0.2, -0.15) is 0 Å². The van der Waals surface area contributed by atoms with Gasteiger partial charge in [0.25, 0.3) is 0 Å². The first-order valence-corrected chi connectivity index (χ1v) is 5.68. The first kappa shape index (κ1) is 10.3. The zero-order chi connectivity index (χ0) is 10.8. The Kier molecular flexibility index (Phi) is 2.80. The van der Waals surface area contributed by atoms with Crippen LogP contribution in [0.15, 0.2) is 12.1 Å². The van der Waals surface area contributed by atoms with Crippen LogP contribution < -0.4 is 10.6 Å². The van der Waals surface area contributed by atoms with Crippen molar-refractivity contribution in [1.29, 1.82) is 0 Å². The lowest BCUT2D eigenvalue weighted by molar-refractivity contribution is 0.732. The van der Waals surface area contributed by atoms with E-state index < -0.39 is 0 Å². The number of nitrogens with zero attached hydrogens (tertiary/aromatic N) is 2. The van der Waals surface area contributed by atoms with Gasteiger partial charge in [0.2, 0.25) is 0 Å². The summed E-state index contributed by atoms with van der Waals surface area (Å²) in [5, 5.41) is 0. The topological polar surface area (TPSA) is 42.2 Å². The Balaban J connectivity index is 2.19. The van der Waals surface area contributed by atoms with Gasteiger partial charge in [0, 0.05) is 18.8 Å². The summed E-state index contributed by atoms with van der Waals surface area (Å²) >= 11 is 0. The van der Waals surface area contributed by atoms with Gasteiger partial charge >= 0.3 is 0 Å². The Hall–Kier alpha value is -1.25. The molecule has 3 nitrogen and oxygen atoms in total. The SMILES string of the molecule is CCN(CC1CC1)c1nc(C)ccc1N. The minimum absolute atomic E-state index is 0.795. The van der Waals surface area contributed by atoms with Crippen LogP contribution in [0.3, 0.4) is 0 Å². The zero-order valence-corrected chi connectivity index (χ0v) is 9.53. The third kappa shape index (κ3) is 2.41. The van der Waals surface area contributed by atoms with Crippen molar-refractivity contribution in [3.63, 3.8) is 0 Å². The molecule has 0 unspecified atom stereocenters. The highest BCUT2D eigenvalue weighted by Crippen LogP contribution is 2.32. The van der Waals surface area contributed by atoms with E-state index in [-0.39, 0.29) is 0 Å². The van der Waals surface area contributed by atoms with Crippen molar-refractivity contribution >= 4 is 11.5 Å². The van der Waals surface area contributed by atoms with Gasteiger partial charge in [-0.25, -0.2) is 4.98 Å². The standard InChI is InChI=1S/C12H19N3/c1-3-15(8-10-5-6-10)12-11(13)7-4-9(2)14-12/h4,7,10H,3,5-6,8,13H2,1-2H3. The van der Waals surface area contributed by atoms with Crippen LogP contribution in [0.5, 0.6) is 0 Å². The minimum Gasteiger partial charge on any atom is -0.396 e. The number of aromatic nitrogens is 1. The summed E-state index contributed by atoms with van der Waals surface area (Å²) in [6.07, 6.45) is 2.73. The number of nitrogen functional groups attached to an aromatic ring is 1. The Bertz CT molecular complexity index is 345. The molecule has 1 aliphatic rings. The predicted molar refractivity (Wildman–Crippen MR) is 64.0 cm³/mol. The zero-order valence-electron chi connectivity index (χ0n) is 9.53. The Morgan fingerprint density at radius 3 is 2.80 bits per heavy atom. The molecule has 0 amide bonds. The largest absolute Gasteiger partial charge is 0.396 e. The second kappa shape index (κ2) is 4.09. The minimum atomic E-state index is 0.795. The van der Waals surface area contributed by atoms with E-state index in [1.807, 2.05) is 19.1 Å². The molecule has 0 bridgehead atoms. The van der Waals surface area contributed by atoms with Crippen LogP contribution in [0.2, 0.25) is 0 Å². The highest BCUT2D eigenvalue weighted by Gasteiger charge is 2.25. The van der Waals surface area contributed by atoms with E-state index in [1.54, 1.807) is 0 Å². The Labute approximate surface area is 91.3 Å². The Morgan fingerprint density at radius 1 is 1.47 bits per heavy atom. The van der Waals surface area contributed by atoms with Crippen LogP contribution in [0.25, 0.3) is 0 Å². The summed E-state index contributed by atoms with van der Waals surface area (Å²) in [5.74, 6) is 1.83. The van der Waals surface area contributed by atoms with Gasteiger partial charge in [-0.1, -0.05) is 0 Å². The molecule has 0 radical (unpaired) electrons. The summed E-state index contributed by atoms with van der Waals surface area (Å²) < 4.78 is 0. The average Bonchev–Trinajstić information content (AvgIpc) is 3.02. The number of hydrogen-bond acceptors (Lipinski definition) is 3. The van der Waals surface area contributed by atoms with Gasteiger partial charge in [-0.15, -0.1) is 0 Å². The lowest BCUT2D eigenvalue weighted by atomic mass is 10.3. The highest BCUT2D eigenvalue weighted by molar-refractivity contribution is 5.62. The van der Waals surface area contributed by atoms with Gasteiger partial charge in [0.15, 0.2) is 5.82 Å². The fourth-order valence-corrected chi connectivity index (χ4v) is 1.78. The van der Waals surface area contributed by atoms with E-state index in [9.17, 15) is 0 Å². The summed E-state index contributed by atoms with van der Waals surface area (Å²) in [6, 6.07) is 3.91. The van der Waals surface area contributed by atoms with E-state index in [0.29, 0.717) is 0 Å². The van der Waals surface area contributed by atoms with Crippen molar-refractivity contribution in [1.82, 2.24) is 4.98 Å². The van der Waals surface area contributed by atoms with Gasteiger partial charge < -0.3 is 10.6 Å². The van der Waals surface area contributed by atoms with Crippen molar-refractivity contribution in [2.24, 2.45) is 5.92 Å². The summed E-state index contributed by atoms with van der Waals surface area (Å²) in [7, 11) is 0.